The summed E-state index contributed by atoms with van der Waals surface area (Å²) < 4.78 is 0. The van der Waals surface area contributed by atoms with Crippen LogP contribution >= 0.6 is 0 Å². The lowest BCUT2D eigenvalue weighted by molar-refractivity contribution is -0.130. The first-order valence-electron chi connectivity index (χ1n) is 7.43. The first-order chi connectivity index (χ1) is 10.6. The van der Waals surface area contributed by atoms with Crippen molar-refractivity contribution in [1.29, 1.82) is 0 Å². The van der Waals surface area contributed by atoms with E-state index in [1.165, 1.54) is 5.01 Å². The van der Waals surface area contributed by atoms with E-state index in [1.807, 2.05) is 17.0 Å². The van der Waals surface area contributed by atoms with E-state index in [1.54, 1.807) is 19.4 Å². The standard InChI is InChI=1S/C15H19N5O2/c1-18-14(21)3-2-13(17-18)15(22)20-10-8-19(9-11-20)12-4-6-16-7-5-12/h4-7H,2-3,8-11H2,1H3. The molecular weight excluding hydrogens is 282 g/mol. The van der Waals surface area contributed by atoms with Gasteiger partial charge in [0.1, 0.15) is 5.71 Å². The number of aromatic nitrogens is 1. The average Bonchev–Trinajstić information content (AvgIpc) is 2.58. The zero-order valence-corrected chi connectivity index (χ0v) is 12.6. The van der Waals surface area contributed by atoms with Gasteiger partial charge in [0.25, 0.3) is 5.91 Å². The van der Waals surface area contributed by atoms with E-state index in [0.717, 1.165) is 18.8 Å². The molecule has 2 aliphatic heterocycles. The maximum Gasteiger partial charge on any atom is 0.270 e. The largest absolute Gasteiger partial charge is 0.368 e. The highest BCUT2D eigenvalue weighted by Crippen LogP contribution is 2.16. The van der Waals surface area contributed by atoms with Crippen molar-refractivity contribution in [1.82, 2.24) is 14.9 Å². The third-order valence-corrected chi connectivity index (χ3v) is 4.05. The molecule has 2 amide bonds. The van der Waals surface area contributed by atoms with Gasteiger partial charge in [0.05, 0.1) is 0 Å². The van der Waals surface area contributed by atoms with Crippen LogP contribution in [0.1, 0.15) is 12.8 Å². The fourth-order valence-electron chi connectivity index (χ4n) is 2.73. The van der Waals surface area contributed by atoms with Crippen LogP contribution in [0.25, 0.3) is 0 Å². The van der Waals surface area contributed by atoms with E-state index in [0.29, 0.717) is 31.6 Å². The molecule has 0 N–H and O–H groups in total. The second kappa shape index (κ2) is 6.13. The van der Waals surface area contributed by atoms with E-state index in [-0.39, 0.29) is 11.8 Å². The van der Waals surface area contributed by atoms with Gasteiger partial charge in [-0.25, -0.2) is 5.01 Å². The van der Waals surface area contributed by atoms with Gasteiger partial charge in [-0.15, -0.1) is 0 Å². The molecule has 2 aliphatic rings. The lowest BCUT2D eigenvalue weighted by atomic mass is 10.1. The van der Waals surface area contributed by atoms with Crippen LogP contribution < -0.4 is 4.90 Å². The molecule has 1 fully saturated rings. The molecule has 0 aliphatic carbocycles. The maximum absolute atomic E-state index is 12.5. The minimum absolute atomic E-state index is 0.0425. The third-order valence-electron chi connectivity index (χ3n) is 4.05. The number of amides is 2. The molecule has 7 heteroatoms. The third kappa shape index (κ3) is 2.93. The van der Waals surface area contributed by atoms with Gasteiger partial charge in [0.15, 0.2) is 0 Å². The highest BCUT2D eigenvalue weighted by molar-refractivity contribution is 6.39. The fraction of sp³-hybridized carbons (Fsp3) is 0.467. The summed E-state index contributed by atoms with van der Waals surface area (Å²) in [5, 5.41) is 5.37. The lowest BCUT2D eigenvalue weighted by Gasteiger charge is -2.36. The van der Waals surface area contributed by atoms with Gasteiger partial charge < -0.3 is 9.80 Å². The van der Waals surface area contributed by atoms with Crippen LogP contribution in [0.15, 0.2) is 29.6 Å². The highest BCUT2D eigenvalue weighted by Gasteiger charge is 2.28. The molecule has 0 spiro atoms. The number of carbonyl (C=O) groups excluding carboxylic acids is 2. The molecule has 3 heterocycles. The van der Waals surface area contributed by atoms with E-state index in [9.17, 15) is 9.59 Å². The molecule has 0 saturated carbocycles. The molecule has 1 aromatic rings. The Bertz CT molecular complexity index is 593. The van der Waals surface area contributed by atoms with Crippen LogP contribution in [0.3, 0.4) is 0 Å². The van der Waals surface area contributed by atoms with Crippen LogP contribution in [0.2, 0.25) is 0 Å². The Hall–Kier alpha value is -2.44. The van der Waals surface area contributed by atoms with Crippen LogP contribution in [0.5, 0.6) is 0 Å². The summed E-state index contributed by atoms with van der Waals surface area (Å²) in [7, 11) is 1.59. The number of nitrogens with zero attached hydrogens (tertiary/aromatic N) is 5. The Morgan fingerprint density at radius 3 is 2.41 bits per heavy atom. The van der Waals surface area contributed by atoms with Crippen LogP contribution in [0, 0.1) is 0 Å². The predicted molar refractivity (Wildman–Crippen MR) is 82.5 cm³/mol. The van der Waals surface area contributed by atoms with Crippen molar-refractivity contribution in [3.05, 3.63) is 24.5 Å². The average molecular weight is 301 g/mol. The van der Waals surface area contributed by atoms with E-state index in [4.69, 9.17) is 0 Å². The van der Waals surface area contributed by atoms with E-state index < -0.39 is 0 Å². The Kier molecular flexibility index (Phi) is 4.04. The van der Waals surface area contributed by atoms with Gasteiger partial charge >= 0.3 is 0 Å². The summed E-state index contributed by atoms with van der Waals surface area (Å²) in [5.41, 5.74) is 1.61. The fourth-order valence-corrected chi connectivity index (χ4v) is 2.73. The minimum atomic E-state index is -0.0475. The summed E-state index contributed by atoms with van der Waals surface area (Å²) in [4.78, 5) is 32.0. The van der Waals surface area contributed by atoms with Crippen molar-refractivity contribution in [2.45, 2.75) is 12.8 Å². The normalized spacial score (nSPS) is 19.2. The van der Waals surface area contributed by atoms with E-state index in [2.05, 4.69) is 15.0 Å². The predicted octanol–water partition coefficient (Wildman–Crippen LogP) is 0.338. The molecule has 116 valence electrons. The van der Waals surface area contributed by atoms with Crippen molar-refractivity contribution in [2.75, 3.05) is 38.1 Å². The van der Waals surface area contributed by atoms with Gasteiger partial charge in [-0.2, -0.15) is 5.10 Å². The molecule has 0 atom stereocenters. The topological polar surface area (TPSA) is 69.1 Å². The molecule has 3 rings (SSSR count). The number of carbonyl (C=O) groups is 2. The molecule has 0 radical (unpaired) electrons. The quantitative estimate of drug-likeness (QED) is 0.790. The monoisotopic (exact) mass is 301 g/mol. The first kappa shape index (κ1) is 14.5. The molecule has 0 bridgehead atoms. The summed E-state index contributed by atoms with van der Waals surface area (Å²) in [6.07, 6.45) is 4.34. The SMILES string of the molecule is CN1N=C(C(=O)N2CCN(c3ccncc3)CC2)CCC1=O. The minimum Gasteiger partial charge on any atom is -0.368 e. The van der Waals surface area contributed by atoms with Crippen molar-refractivity contribution in [2.24, 2.45) is 5.10 Å². The number of hydrogen-bond donors (Lipinski definition) is 0. The number of piperazine rings is 1. The lowest BCUT2D eigenvalue weighted by Crippen LogP contribution is -2.51. The molecule has 7 nitrogen and oxygen atoms in total. The van der Waals surface area contributed by atoms with Crippen LogP contribution in [-0.2, 0) is 9.59 Å². The van der Waals surface area contributed by atoms with Gasteiger partial charge in [0, 0.05) is 64.1 Å². The molecule has 22 heavy (non-hydrogen) atoms. The number of rotatable bonds is 2. The highest BCUT2D eigenvalue weighted by atomic mass is 16.2. The van der Waals surface area contributed by atoms with Crippen LogP contribution in [-0.4, -0.2) is 65.6 Å². The number of hydrogen-bond acceptors (Lipinski definition) is 5. The molecular formula is C15H19N5O2. The van der Waals surface area contributed by atoms with E-state index >= 15 is 0 Å². The summed E-state index contributed by atoms with van der Waals surface area (Å²) in [5.74, 6) is -0.0900. The Morgan fingerprint density at radius 2 is 1.77 bits per heavy atom. The number of anilines is 1. The Labute approximate surface area is 129 Å². The van der Waals surface area contributed by atoms with Gasteiger partial charge in [-0.05, 0) is 12.1 Å². The maximum atomic E-state index is 12.5. The second-order valence-corrected chi connectivity index (χ2v) is 5.45. The smallest absolute Gasteiger partial charge is 0.270 e. The Balaban J connectivity index is 1.61. The van der Waals surface area contributed by atoms with Crippen molar-refractivity contribution in [3.8, 4) is 0 Å². The van der Waals surface area contributed by atoms with Crippen molar-refractivity contribution in [3.63, 3.8) is 0 Å². The van der Waals surface area contributed by atoms with Crippen molar-refractivity contribution < 1.29 is 9.59 Å². The molecule has 0 aromatic carbocycles. The van der Waals surface area contributed by atoms with Crippen LogP contribution in [0.4, 0.5) is 5.69 Å². The molecule has 1 saturated heterocycles. The Morgan fingerprint density at radius 1 is 1.09 bits per heavy atom. The van der Waals surface area contributed by atoms with Gasteiger partial charge in [-0.1, -0.05) is 0 Å². The van der Waals surface area contributed by atoms with Gasteiger partial charge in [-0.3, -0.25) is 14.6 Å². The van der Waals surface area contributed by atoms with Gasteiger partial charge in [0.2, 0.25) is 5.91 Å². The molecule has 0 unspecified atom stereocenters. The zero-order valence-electron chi connectivity index (χ0n) is 12.6. The summed E-state index contributed by atoms with van der Waals surface area (Å²) >= 11 is 0. The number of pyridine rings is 1. The summed E-state index contributed by atoms with van der Waals surface area (Å²) in [6.45, 7) is 2.91. The van der Waals surface area contributed by atoms with Crippen molar-refractivity contribution >= 4 is 23.2 Å². The summed E-state index contributed by atoms with van der Waals surface area (Å²) in [6, 6.07) is 3.95. The molecule has 1 aromatic heterocycles. The second-order valence-electron chi connectivity index (χ2n) is 5.45. The zero-order chi connectivity index (χ0) is 15.5. The first-order valence-corrected chi connectivity index (χ1v) is 7.43. The number of hydrazone groups is 1.